The lowest BCUT2D eigenvalue weighted by molar-refractivity contribution is 1.15. The molecular formula is C43H29N3. The van der Waals surface area contributed by atoms with Gasteiger partial charge in [0.25, 0.3) is 0 Å². The molecule has 0 spiro atoms. The van der Waals surface area contributed by atoms with E-state index in [0.717, 1.165) is 11.3 Å². The summed E-state index contributed by atoms with van der Waals surface area (Å²) in [7, 11) is 0. The van der Waals surface area contributed by atoms with E-state index in [2.05, 4.69) is 0 Å². The second kappa shape index (κ2) is 9.47. The first-order valence-electron chi connectivity index (χ1n) is 22.6. The van der Waals surface area contributed by atoms with E-state index in [1.807, 2.05) is 35.8 Å². The van der Waals surface area contributed by atoms with E-state index in [4.69, 9.17) is 21.9 Å². The van der Waals surface area contributed by atoms with Crippen molar-refractivity contribution in [1.82, 2.24) is 13.7 Å². The van der Waals surface area contributed by atoms with Crippen LogP contribution in [0.4, 0.5) is 0 Å². The van der Waals surface area contributed by atoms with E-state index in [1.54, 1.807) is 36.4 Å². The average molecular weight is 604 g/mol. The predicted molar refractivity (Wildman–Crippen MR) is 194 cm³/mol. The molecule has 0 saturated heterocycles. The van der Waals surface area contributed by atoms with Gasteiger partial charge in [0, 0.05) is 49.4 Å². The standard InChI is InChI=1S/C43H29N3/c1-28-11-10-12-29(25-28)44-42-23-21-30(45-38-17-6-2-13-32(38)33-14-3-7-18-39(33)45)26-36(42)37-27-31(22-24-43(37)44)46-40-19-8-4-15-34(40)35-16-5-9-20-41(35)46/h2-27H,1H3/i2D,3D,4D,5D,6D,7D,8D,9D,13D,14D,15D,16D,17D,18D,19D,20D. The number of aromatic nitrogens is 3. The number of fused-ring (bicyclic) bond motifs is 9. The molecule has 3 heterocycles. The highest BCUT2D eigenvalue weighted by Gasteiger charge is 2.18. The Morgan fingerprint density at radius 2 is 0.739 bits per heavy atom. The molecule has 10 aromatic rings. The molecule has 0 fully saturated rings. The number of rotatable bonds is 3. The molecule has 3 aromatic heterocycles. The Morgan fingerprint density at radius 1 is 0.370 bits per heavy atom. The summed E-state index contributed by atoms with van der Waals surface area (Å²) >= 11 is 0. The van der Waals surface area contributed by atoms with Crippen LogP contribution >= 0.6 is 0 Å². The Labute approximate surface area is 288 Å². The van der Waals surface area contributed by atoms with Gasteiger partial charge < -0.3 is 13.7 Å². The Balaban J connectivity index is 1.39. The van der Waals surface area contributed by atoms with E-state index in [9.17, 15) is 0 Å². The van der Waals surface area contributed by atoms with Crippen molar-refractivity contribution in [2.24, 2.45) is 0 Å². The summed E-state index contributed by atoms with van der Waals surface area (Å²) in [5, 5.41) is 0.876. The van der Waals surface area contributed by atoms with Crippen molar-refractivity contribution >= 4 is 65.4 Å². The van der Waals surface area contributed by atoms with Gasteiger partial charge in [0.05, 0.1) is 55.0 Å². The van der Waals surface area contributed by atoms with Crippen molar-refractivity contribution in [2.45, 2.75) is 6.92 Å². The highest BCUT2D eigenvalue weighted by molar-refractivity contribution is 6.14. The fourth-order valence-corrected chi connectivity index (χ4v) is 6.68. The second-order valence-electron chi connectivity index (χ2n) is 11.1. The normalized spacial score (nSPS) is 16.9. The number of benzene rings is 7. The number of aryl methyl sites for hydroxylation is 1. The van der Waals surface area contributed by atoms with Gasteiger partial charge in [0.1, 0.15) is 0 Å². The lowest BCUT2D eigenvalue weighted by Gasteiger charge is -2.11. The third kappa shape index (κ3) is 3.48. The van der Waals surface area contributed by atoms with Crippen molar-refractivity contribution in [1.29, 1.82) is 0 Å². The Bertz CT molecular complexity index is 3360. The van der Waals surface area contributed by atoms with E-state index in [0.29, 0.717) is 33.2 Å². The molecular weight excluding hydrogens is 558 g/mol. The zero-order chi connectivity index (χ0) is 44.3. The van der Waals surface area contributed by atoms with Gasteiger partial charge in [-0.2, -0.15) is 0 Å². The molecule has 0 aliphatic heterocycles. The number of nitrogens with zero attached hydrogens (tertiary/aromatic N) is 3. The van der Waals surface area contributed by atoms with Gasteiger partial charge in [0.2, 0.25) is 0 Å². The summed E-state index contributed by atoms with van der Waals surface area (Å²) in [5.74, 6) is 0. The summed E-state index contributed by atoms with van der Waals surface area (Å²) < 4.78 is 145. The molecule has 3 nitrogen and oxygen atoms in total. The number of para-hydroxylation sites is 4. The van der Waals surface area contributed by atoms with E-state index in [-0.39, 0.29) is 43.6 Å². The summed E-state index contributed by atoms with van der Waals surface area (Å²) in [5.41, 5.74) is 3.51. The van der Waals surface area contributed by atoms with Crippen LogP contribution in [-0.2, 0) is 0 Å². The summed E-state index contributed by atoms with van der Waals surface area (Å²) in [6, 6.07) is 10.2. The van der Waals surface area contributed by atoms with Gasteiger partial charge in [0.15, 0.2) is 0 Å². The maximum Gasteiger partial charge on any atom is 0.0645 e. The molecule has 0 atom stereocenters. The SMILES string of the molecule is [2H]c1c([2H])c([2H])c2c(c1[2H])c1c([2H])c([2H])c([2H])c([2H])c1n2-c1ccc2c(c1)c1cc(-n3c4c([2H])c([2H])c([2H])c([2H])c4c4c([2H])c([2H])c([2H])c([2H])c43)ccc1n2-c1cccc(C)c1. The Morgan fingerprint density at radius 3 is 1.15 bits per heavy atom. The van der Waals surface area contributed by atoms with Gasteiger partial charge in [-0.05, 0) is 85.2 Å². The smallest absolute Gasteiger partial charge is 0.0645 e. The van der Waals surface area contributed by atoms with Crippen LogP contribution < -0.4 is 0 Å². The minimum Gasteiger partial charge on any atom is -0.309 e. The lowest BCUT2D eigenvalue weighted by Crippen LogP contribution is -1.96. The highest BCUT2D eigenvalue weighted by atomic mass is 15.0. The minimum atomic E-state index is -0.557. The molecule has 7 aromatic carbocycles. The fraction of sp³-hybridized carbons (Fsp3) is 0.0233. The van der Waals surface area contributed by atoms with E-state index >= 15 is 0 Å². The first kappa shape index (κ1) is 14.4. The van der Waals surface area contributed by atoms with Gasteiger partial charge >= 0.3 is 0 Å². The van der Waals surface area contributed by atoms with Crippen LogP contribution in [0, 0.1) is 6.92 Å². The molecule has 0 N–H and O–H groups in total. The second-order valence-corrected chi connectivity index (χ2v) is 11.1. The van der Waals surface area contributed by atoms with Crippen LogP contribution in [0.1, 0.15) is 27.5 Å². The zero-order valence-electron chi connectivity index (χ0n) is 40.1. The number of hydrogen-bond acceptors (Lipinski definition) is 0. The first-order valence-corrected chi connectivity index (χ1v) is 14.6. The molecule has 0 aliphatic rings. The van der Waals surface area contributed by atoms with Crippen LogP contribution in [0.5, 0.6) is 0 Å². The van der Waals surface area contributed by atoms with Crippen molar-refractivity contribution < 1.29 is 21.9 Å². The quantitative estimate of drug-likeness (QED) is 0.191. The lowest BCUT2D eigenvalue weighted by atomic mass is 10.1. The number of hydrogen-bond donors (Lipinski definition) is 0. The van der Waals surface area contributed by atoms with E-state index in [1.165, 1.54) is 9.13 Å². The van der Waals surface area contributed by atoms with Crippen molar-refractivity contribution in [3.8, 4) is 17.1 Å². The van der Waals surface area contributed by atoms with Crippen molar-refractivity contribution in [2.75, 3.05) is 0 Å². The predicted octanol–water partition coefficient (Wildman–Crippen LogP) is 11.3. The molecule has 216 valence electrons. The summed E-state index contributed by atoms with van der Waals surface area (Å²) in [6.45, 7) is 1.95. The Hall–Kier alpha value is -6.06. The maximum atomic E-state index is 9.05. The van der Waals surface area contributed by atoms with Crippen molar-refractivity contribution in [3.05, 3.63) is 163 Å². The van der Waals surface area contributed by atoms with Crippen LogP contribution in [0.3, 0.4) is 0 Å². The van der Waals surface area contributed by atoms with Crippen LogP contribution in [0.15, 0.2) is 157 Å². The highest BCUT2D eigenvalue weighted by Crippen LogP contribution is 2.39. The average Bonchev–Trinajstić information content (AvgIpc) is 3.92. The molecule has 46 heavy (non-hydrogen) atoms. The molecule has 0 bridgehead atoms. The first-order chi connectivity index (χ1) is 29.4. The monoisotopic (exact) mass is 603 g/mol. The van der Waals surface area contributed by atoms with Crippen LogP contribution in [-0.4, -0.2) is 13.7 Å². The topological polar surface area (TPSA) is 14.8 Å². The third-order valence-electron chi connectivity index (χ3n) is 8.57. The zero-order valence-corrected chi connectivity index (χ0v) is 24.1. The van der Waals surface area contributed by atoms with Crippen LogP contribution in [0.2, 0.25) is 0 Å². The van der Waals surface area contributed by atoms with E-state index < -0.39 is 96.7 Å². The van der Waals surface area contributed by atoms with Crippen LogP contribution in [0.25, 0.3) is 82.5 Å². The molecule has 3 heteroatoms. The third-order valence-corrected chi connectivity index (χ3v) is 8.57. The molecule has 0 unspecified atom stereocenters. The summed E-state index contributed by atoms with van der Waals surface area (Å²) in [4.78, 5) is 0. The van der Waals surface area contributed by atoms with Gasteiger partial charge in [-0.1, -0.05) is 84.6 Å². The maximum absolute atomic E-state index is 9.05. The molecule has 0 saturated carbocycles. The largest absolute Gasteiger partial charge is 0.309 e. The fourth-order valence-electron chi connectivity index (χ4n) is 6.68. The van der Waals surface area contributed by atoms with Crippen molar-refractivity contribution in [3.63, 3.8) is 0 Å². The van der Waals surface area contributed by atoms with Gasteiger partial charge in [-0.15, -0.1) is 0 Å². The minimum absolute atomic E-state index is 0.0472. The molecule has 0 aliphatic carbocycles. The molecule has 10 rings (SSSR count). The summed E-state index contributed by atoms with van der Waals surface area (Å²) in [6.07, 6.45) is 0. The van der Waals surface area contributed by atoms with Gasteiger partial charge in [-0.25, -0.2) is 0 Å². The molecule has 0 amide bonds. The van der Waals surface area contributed by atoms with Gasteiger partial charge in [-0.3, -0.25) is 0 Å². The molecule has 0 radical (unpaired) electrons. The Kier molecular flexibility index (Phi) is 2.96.